The van der Waals surface area contributed by atoms with E-state index in [1.165, 1.54) is 14.2 Å². The lowest BCUT2D eigenvalue weighted by Gasteiger charge is -2.18. The van der Waals surface area contributed by atoms with E-state index in [4.69, 9.17) is 0 Å². The minimum Gasteiger partial charge on any atom is -0.466 e. The van der Waals surface area contributed by atoms with Crippen molar-refractivity contribution in [2.45, 2.75) is 27.2 Å². The summed E-state index contributed by atoms with van der Waals surface area (Å²) in [5.41, 5.74) is 1.87. The van der Waals surface area contributed by atoms with Gasteiger partial charge in [-0.25, -0.2) is 9.59 Å². The Bertz CT molecular complexity index is 550. The SMILES string of the molecule is C=C(C(=O)OC)C(C)(C)C.C=C(Cc1ccccc1)C(=O)OC. The molecule has 0 saturated carbocycles. The molecule has 0 spiro atoms. The van der Waals surface area contributed by atoms with E-state index in [9.17, 15) is 9.59 Å². The second-order valence-corrected chi connectivity index (χ2v) is 5.98. The van der Waals surface area contributed by atoms with Gasteiger partial charge in [-0.15, -0.1) is 0 Å². The predicted molar refractivity (Wildman–Crippen MR) is 91.9 cm³/mol. The van der Waals surface area contributed by atoms with E-state index >= 15 is 0 Å². The summed E-state index contributed by atoms with van der Waals surface area (Å²) in [4.78, 5) is 21.8. The Morgan fingerprint density at radius 1 is 0.957 bits per heavy atom. The van der Waals surface area contributed by atoms with Crippen LogP contribution in [0.25, 0.3) is 0 Å². The maximum Gasteiger partial charge on any atom is 0.333 e. The monoisotopic (exact) mass is 318 g/mol. The van der Waals surface area contributed by atoms with Crippen LogP contribution in [0.1, 0.15) is 26.3 Å². The van der Waals surface area contributed by atoms with Gasteiger partial charge in [-0.3, -0.25) is 0 Å². The quantitative estimate of drug-likeness (QED) is 0.627. The molecule has 1 aromatic rings. The molecule has 126 valence electrons. The Morgan fingerprint density at radius 3 is 1.78 bits per heavy atom. The predicted octanol–water partition coefficient (Wildman–Crippen LogP) is 3.72. The van der Waals surface area contributed by atoms with Crippen LogP contribution in [0.15, 0.2) is 54.6 Å². The fourth-order valence-corrected chi connectivity index (χ4v) is 1.49. The largest absolute Gasteiger partial charge is 0.466 e. The number of hydrogen-bond donors (Lipinski definition) is 0. The number of methoxy groups -OCH3 is 2. The zero-order valence-corrected chi connectivity index (χ0v) is 14.6. The van der Waals surface area contributed by atoms with Crippen molar-refractivity contribution in [1.29, 1.82) is 0 Å². The maximum atomic E-state index is 11.0. The maximum absolute atomic E-state index is 11.0. The number of rotatable bonds is 4. The summed E-state index contributed by atoms with van der Waals surface area (Å²) in [6.07, 6.45) is 0.549. The van der Waals surface area contributed by atoms with Crippen LogP contribution in [0.4, 0.5) is 0 Å². The smallest absolute Gasteiger partial charge is 0.333 e. The van der Waals surface area contributed by atoms with Crippen LogP contribution in [0, 0.1) is 5.41 Å². The lowest BCUT2D eigenvalue weighted by atomic mass is 9.88. The molecular weight excluding hydrogens is 292 g/mol. The van der Waals surface area contributed by atoms with Crippen molar-refractivity contribution in [3.05, 3.63) is 60.2 Å². The molecule has 0 heterocycles. The third-order valence-corrected chi connectivity index (χ3v) is 3.07. The Labute approximate surface area is 138 Å². The molecule has 23 heavy (non-hydrogen) atoms. The van der Waals surface area contributed by atoms with Gasteiger partial charge in [-0.2, -0.15) is 0 Å². The van der Waals surface area contributed by atoms with E-state index in [1.54, 1.807) is 0 Å². The van der Waals surface area contributed by atoms with Crippen LogP contribution in [0.3, 0.4) is 0 Å². The summed E-state index contributed by atoms with van der Waals surface area (Å²) in [5.74, 6) is -0.670. The van der Waals surface area contributed by atoms with Gasteiger partial charge in [0, 0.05) is 17.6 Å². The summed E-state index contributed by atoms with van der Waals surface area (Å²) in [5, 5.41) is 0. The molecule has 4 nitrogen and oxygen atoms in total. The van der Waals surface area contributed by atoms with Crippen molar-refractivity contribution in [1.82, 2.24) is 0 Å². The van der Waals surface area contributed by atoms with E-state index in [-0.39, 0.29) is 17.4 Å². The molecule has 0 aliphatic carbocycles. The molecule has 0 aliphatic heterocycles. The normalized spacial score (nSPS) is 9.96. The van der Waals surface area contributed by atoms with Gasteiger partial charge in [0.25, 0.3) is 0 Å². The fourth-order valence-electron chi connectivity index (χ4n) is 1.49. The Balaban J connectivity index is 0.000000438. The summed E-state index contributed by atoms with van der Waals surface area (Å²) < 4.78 is 9.05. The number of carbonyl (C=O) groups is 2. The van der Waals surface area contributed by atoms with Crippen molar-refractivity contribution in [3.63, 3.8) is 0 Å². The van der Waals surface area contributed by atoms with Crippen molar-refractivity contribution in [2.75, 3.05) is 14.2 Å². The van der Waals surface area contributed by atoms with Crippen molar-refractivity contribution in [2.24, 2.45) is 5.41 Å². The summed E-state index contributed by atoms with van der Waals surface area (Å²) in [6.45, 7) is 13.0. The Kier molecular flexibility index (Phi) is 8.63. The molecule has 0 unspecified atom stereocenters. The third kappa shape index (κ3) is 8.00. The summed E-state index contributed by atoms with van der Waals surface area (Å²) >= 11 is 0. The molecule has 4 heteroatoms. The Hall–Kier alpha value is -2.36. The van der Waals surface area contributed by atoms with Gasteiger partial charge in [0.05, 0.1) is 14.2 Å². The average molecular weight is 318 g/mol. The topological polar surface area (TPSA) is 52.6 Å². The highest BCUT2D eigenvalue weighted by Crippen LogP contribution is 2.23. The number of benzene rings is 1. The van der Waals surface area contributed by atoms with Crippen LogP contribution >= 0.6 is 0 Å². The molecule has 0 radical (unpaired) electrons. The molecule has 1 aromatic carbocycles. The fraction of sp³-hybridized carbons (Fsp3) is 0.368. The van der Waals surface area contributed by atoms with Gasteiger partial charge >= 0.3 is 11.9 Å². The van der Waals surface area contributed by atoms with Gasteiger partial charge in [0.1, 0.15) is 0 Å². The first-order chi connectivity index (χ1) is 10.6. The molecule has 0 aromatic heterocycles. The van der Waals surface area contributed by atoms with Crippen molar-refractivity contribution < 1.29 is 19.1 Å². The standard InChI is InChI=1S/C11H12O2.C8H14O2/c1-9(11(12)13-2)8-10-6-4-3-5-7-10;1-6(7(9)10-5)8(2,3)4/h3-7H,1,8H2,2H3;1H2,2-5H3. The first-order valence-corrected chi connectivity index (χ1v) is 7.21. The zero-order chi connectivity index (χ0) is 18.0. The average Bonchev–Trinajstić information content (AvgIpc) is 2.53. The van der Waals surface area contributed by atoms with E-state index in [0.717, 1.165) is 5.56 Å². The zero-order valence-electron chi connectivity index (χ0n) is 14.6. The minimum atomic E-state index is -0.344. The van der Waals surface area contributed by atoms with Crippen LogP contribution in [0.5, 0.6) is 0 Å². The minimum absolute atomic E-state index is 0.187. The summed E-state index contributed by atoms with van der Waals surface area (Å²) in [7, 11) is 2.72. The summed E-state index contributed by atoms with van der Waals surface area (Å²) in [6, 6.07) is 9.70. The van der Waals surface area contributed by atoms with E-state index in [1.807, 2.05) is 51.1 Å². The number of hydrogen-bond acceptors (Lipinski definition) is 4. The van der Waals surface area contributed by atoms with Crippen LogP contribution in [-0.4, -0.2) is 26.2 Å². The first-order valence-electron chi connectivity index (χ1n) is 7.21. The van der Waals surface area contributed by atoms with E-state index in [0.29, 0.717) is 17.6 Å². The molecule has 0 saturated heterocycles. The highest BCUT2D eigenvalue weighted by Gasteiger charge is 2.21. The molecule has 1 rings (SSSR count). The van der Waals surface area contributed by atoms with E-state index < -0.39 is 0 Å². The third-order valence-electron chi connectivity index (χ3n) is 3.07. The van der Waals surface area contributed by atoms with Gasteiger partial charge in [-0.05, 0) is 11.0 Å². The number of esters is 2. The molecule has 0 aliphatic rings. The van der Waals surface area contributed by atoms with Crippen LogP contribution < -0.4 is 0 Å². The van der Waals surface area contributed by atoms with Gasteiger partial charge < -0.3 is 9.47 Å². The second kappa shape index (κ2) is 9.62. The molecule has 0 amide bonds. The Morgan fingerprint density at radius 2 is 1.43 bits per heavy atom. The van der Waals surface area contributed by atoms with Gasteiger partial charge in [0.15, 0.2) is 0 Å². The van der Waals surface area contributed by atoms with Gasteiger partial charge in [-0.1, -0.05) is 64.3 Å². The van der Waals surface area contributed by atoms with Gasteiger partial charge in [0.2, 0.25) is 0 Å². The lowest BCUT2D eigenvalue weighted by Crippen LogP contribution is -2.17. The van der Waals surface area contributed by atoms with Crippen molar-refractivity contribution >= 4 is 11.9 Å². The van der Waals surface area contributed by atoms with Crippen LogP contribution in [0.2, 0.25) is 0 Å². The lowest BCUT2D eigenvalue weighted by molar-refractivity contribution is -0.137. The first kappa shape index (κ1) is 20.6. The highest BCUT2D eigenvalue weighted by atomic mass is 16.5. The molecule has 0 fully saturated rings. The number of carbonyl (C=O) groups excluding carboxylic acids is 2. The molecular formula is C19H26O4. The van der Waals surface area contributed by atoms with Crippen molar-refractivity contribution in [3.8, 4) is 0 Å². The molecule has 0 bridgehead atoms. The molecule has 0 atom stereocenters. The van der Waals surface area contributed by atoms with E-state index in [2.05, 4.69) is 22.6 Å². The molecule has 0 N–H and O–H groups in total. The highest BCUT2D eigenvalue weighted by molar-refractivity contribution is 5.89. The number of ether oxygens (including phenoxy) is 2. The van der Waals surface area contributed by atoms with Crippen LogP contribution in [-0.2, 0) is 25.5 Å². The second-order valence-electron chi connectivity index (χ2n) is 5.98.